The number of aromatic nitrogens is 2. The smallest absolute Gasteiger partial charge is 0.137 e. The van der Waals surface area contributed by atoms with Crippen LogP contribution in [0.4, 0.5) is 0 Å². The van der Waals surface area contributed by atoms with E-state index in [4.69, 9.17) is 4.74 Å². The first-order valence-electron chi connectivity index (χ1n) is 5.29. The minimum absolute atomic E-state index is 0.0954. The normalized spacial score (nSPS) is 21.4. The Labute approximate surface area is 102 Å². The molecule has 16 heavy (non-hydrogen) atoms. The molecule has 1 aliphatic rings. The van der Waals surface area contributed by atoms with Gasteiger partial charge < -0.3 is 14.5 Å². The van der Waals surface area contributed by atoms with Crippen molar-refractivity contribution in [3.63, 3.8) is 0 Å². The summed E-state index contributed by atoms with van der Waals surface area (Å²) in [7, 11) is 0. The molecule has 5 heteroatoms. The maximum Gasteiger partial charge on any atom is 0.137 e. The van der Waals surface area contributed by atoms with E-state index in [1.165, 1.54) is 0 Å². The minimum atomic E-state index is 0.0954. The van der Waals surface area contributed by atoms with Gasteiger partial charge in [0.2, 0.25) is 0 Å². The fourth-order valence-corrected chi connectivity index (χ4v) is 2.30. The van der Waals surface area contributed by atoms with E-state index in [0.29, 0.717) is 0 Å². The summed E-state index contributed by atoms with van der Waals surface area (Å²) in [6, 6.07) is 3.98. The Morgan fingerprint density at radius 1 is 1.50 bits per heavy atom. The van der Waals surface area contributed by atoms with Gasteiger partial charge >= 0.3 is 0 Å². The zero-order valence-corrected chi connectivity index (χ0v) is 10.3. The quantitative estimate of drug-likeness (QED) is 0.866. The SMILES string of the molecule is Brc1ccc2ncc(C3CNCCO3)n2c1. The van der Waals surface area contributed by atoms with Gasteiger partial charge in [-0.25, -0.2) is 4.98 Å². The molecule has 1 saturated heterocycles. The van der Waals surface area contributed by atoms with Crippen LogP contribution < -0.4 is 5.32 Å². The molecule has 0 saturated carbocycles. The molecule has 1 N–H and O–H groups in total. The number of nitrogens with one attached hydrogen (secondary N) is 1. The van der Waals surface area contributed by atoms with E-state index in [0.717, 1.165) is 35.5 Å². The van der Waals surface area contributed by atoms with Crippen molar-refractivity contribution in [2.75, 3.05) is 19.7 Å². The van der Waals surface area contributed by atoms with Gasteiger partial charge in [0.05, 0.1) is 18.5 Å². The maximum absolute atomic E-state index is 5.73. The Balaban J connectivity index is 2.05. The lowest BCUT2D eigenvalue weighted by Gasteiger charge is -2.23. The van der Waals surface area contributed by atoms with Gasteiger partial charge in [-0.3, -0.25) is 0 Å². The highest BCUT2D eigenvalue weighted by molar-refractivity contribution is 9.10. The summed E-state index contributed by atoms with van der Waals surface area (Å²) in [4.78, 5) is 4.37. The van der Waals surface area contributed by atoms with E-state index in [2.05, 4.69) is 30.6 Å². The Morgan fingerprint density at radius 3 is 3.25 bits per heavy atom. The third-order valence-corrected chi connectivity index (χ3v) is 3.22. The van der Waals surface area contributed by atoms with Crippen LogP contribution in [0.2, 0.25) is 0 Å². The number of halogens is 1. The number of imidazole rings is 1. The van der Waals surface area contributed by atoms with Gasteiger partial charge in [0.15, 0.2) is 0 Å². The van der Waals surface area contributed by atoms with Crippen molar-refractivity contribution in [1.29, 1.82) is 0 Å². The fraction of sp³-hybridized carbons (Fsp3) is 0.364. The van der Waals surface area contributed by atoms with Crippen LogP contribution in [0.1, 0.15) is 11.8 Å². The van der Waals surface area contributed by atoms with E-state index < -0.39 is 0 Å². The Hall–Kier alpha value is -0.910. The van der Waals surface area contributed by atoms with E-state index in [1.807, 2.05) is 24.5 Å². The summed E-state index contributed by atoms with van der Waals surface area (Å²) in [5.41, 5.74) is 2.05. The Kier molecular flexibility index (Phi) is 2.67. The molecule has 1 unspecified atom stereocenters. The third kappa shape index (κ3) is 1.75. The lowest BCUT2D eigenvalue weighted by molar-refractivity contribution is 0.0245. The number of nitrogens with zero attached hydrogens (tertiary/aromatic N) is 2. The highest BCUT2D eigenvalue weighted by Gasteiger charge is 2.19. The molecule has 0 spiro atoms. The number of hydrogen-bond acceptors (Lipinski definition) is 3. The number of ether oxygens (including phenoxy) is 1. The summed E-state index contributed by atoms with van der Waals surface area (Å²) in [5.74, 6) is 0. The highest BCUT2D eigenvalue weighted by Crippen LogP contribution is 2.21. The van der Waals surface area contributed by atoms with Crippen LogP contribution in [0, 0.1) is 0 Å². The molecule has 0 aliphatic carbocycles. The molecule has 0 aromatic carbocycles. The number of fused-ring (bicyclic) bond motifs is 1. The summed E-state index contributed by atoms with van der Waals surface area (Å²) in [5, 5.41) is 3.32. The molecule has 0 amide bonds. The van der Waals surface area contributed by atoms with E-state index in [-0.39, 0.29) is 6.10 Å². The lowest BCUT2D eigenvalue weighted by Crippen LogP contribution is -2.33. The van der Waals surface area contributed by atoms with Crippen LogP contribution in [0.5, 0.6) is 0 Å². The van der Waals surface area contributed by atoms with Crippen molar-refractivity contribution in [3.8, 4) is 0 Å². The van der Waals surface area contributed by atoms with Crippen molar-refractivity contribution in [1.82, 2.24) is 14.7 Å². The van der Waals surface area contributed by atoms with Crippen LogP contribution in [0.3, 0.4) is 0 Å². The number of rotatable bonds is 1. The second kappa shape index (κ2) is 4.16. The molecule has 0 radical (unpaired) electrons. The monoisotopic (exact) mass is 281 g/mol. The molecule has 1 aliphatic heterocycles. The zero-order valence-electron chi connectivity index (χ0n) is 8.69. The molecule has 84 valence electrons. The van der Waals surface area contributed by atoms with Gasteiger partial charge in [0.1, 0.15) is 11.8 Å². The first kappa shape index (κ1) is 10.3. The van der Waals surface area contributed by atoms with E-state index in [1.54, 1.807) is 0 Å². The zero-order chi connectivity index (χ0) is 11.0. The molecule has 4 nitrogen and oxygen atoms in total. The van der Waals surface area contributed by atoms with E-state index >= 15 is 0 Å². The van der Waals surface area contributed by atoms with Gasteiger partial charge in [-0.15, -0.1) is 0 Å². The van der Waals surface area contributed by atoms with Crippen LogP contribution in [0.15, 0.2) is 29.0 Å². The predicted molar refractivity (Wildman–Crippen MR) is 64.5 cm³/mol. The maximum atomic E-state index is 5.73. The Bertz CT molecular complexity index is 505. The lowest BCUT2D eigenvalue weighted by atomic mass is 10.2. The van der Waals surface area contributed by atoms with Crippen LogP contribution in [-0.2, 0) is 4.74 Å². The molecule has 2 aromatic rings. The molecule has 2 aromatic heterocycles. The summed E-state index contributed by atoms with van der Waals surface area (Å²) < 4.78 is 8.85. The van der Waals surface area contributed by atoms with Gasteiger partial charge in [-0.05, 0) is 28.1 Å². The minimum Gasteiger partial charge on any atom is -0.369 e. The topological polar surface area (TPSA) is 38.6 Å². The second-order valence-corrected chi connectivity index (χ2v) is 4.74. The average molecular weight is 282 g/mol. The number of pyridine rings is 1. The molecule has 3 rings (SSSR count). The summed E-state index contributed by atoms with van der Waals surface area (Å²) in [6.45, 7) is 2.53. The van der Waals surface area contributed by atoms with Crippen molar-refractivity contribution >= 4 is 21.6 Å². The van der Waals surface area contributed by atoms with Crippen LogP contribution >= 0.6 is 15.9 Å². The standard InChI is InChI=1S/C11H12BrN3O/c12-8-1-2-11-14-5-9(15(11)7-8)10-6-13-3-4-16-10/h1-2,5,7,10,13H,3-4,6H2. The molecular formula is C11H12BrN3O. The van der Waals surface area contributed by atoms with Gasteiger partial charge in [-0.2, -0.15) is 0 Å². The highest BCUT2D eigenvalue weighted by atomic mass is 79.9. The van der Waals surface area contributed by atoms with Gasteiger partial charge in [0, 0.05) is 23.8 Å². The van der Waals surface area contributed by atoms with Gasteiger partial charge in [-0.1, -0.05) is 0 Å². The second-order valence-electron chi connectivity index (χ2n) is 3.82. The van der Waals surface area contributed by atoms with Crippen LogP contribution in [0.25, 0.3) is 5.65 Å². The van der Waals surface area contributed by atoms with Crippen molar-refractivity contribution < 1.29 is 4.74 Å². The van der Waals surface area contributed by atoms with Crippen molar-refractivity contribution in [3.05, 3.63) is 34.7 Å². The Morgan fingerprint density at radius 2 is 2.44 bits per heavy atom. The number of morpholine rings is 1. The molecule has 0 bridgehead atoms. The van der Waals surface area contributed by atoms with Crippen LogP contribution in [-0.4, -0.2) is 29.1 Å². The van der Waals surface area contributed by atoms with Crippen molar-refractivity contribution in [2.45, 2.75) is 6.10 Å². The fourth-order valence-electron chi connectivity index (χ4n) is 1.97. The summed E-state index contributed by atoms with van der Waals surface area (Å²) in [6.07, 6.45) is 4.01. The predicted octanol–water partition coefficient (Wildman–Crippen LogP) is 1.76. The number of hydrogen-bond donors (Lipinski definition) is 1. The molecular weight excluding hydrogens is 270 g/mol. The average Bonchev–Trinajstić information content (AvgIpc) is 2.73. The van der Waals surface area contributed by atoms with E-state index in [9.17, 15) is 0 Å². The first-order chi connectivity index (χ1) is 7.84. The summed E-state index contributed by atoms with van der Waals surface area (Å²) >= 11 is 3.47. The van der Waals surface area contributed by atoms with Gasteiger partial charge in [0.25, 0.3) is 0 Å². The molecule has 1 atom stereocenters. The molecule has 3 heterocycles. The third-order valence-electron chi connectivity index (χ3n) is 2.76. The first-order valence-corrected chi connectivity index (χ1v) is 6.09. The largest absolute Gasteiger partial charge is 0.369 e. The molecule has 1 fully saturated rings. The van der Waals surface area contributed by atoms with Crippen molar-refractivity contribution in [2.24, 2.45) is 0 Å².